The van der Waals surface area contributed by atoms with Crippen LogP contribution in [-0.4, -0.2) is 21.8 Å². The van der Waals surface area contributed by atoms with Crippen LogP contribution in [0.5, 0.6) is 0 Å². The second kappa shape index (κ2) is 8.44. The molecule has 0 aliphatic rings. The maximum absolute atomic E-state index is 12.7. The molecule has 0 radical (unpaired) electrons. The van der Waals surface area contributed by atoms with Gasteiger partial charge in [-0.15, -0.1) is 0 Å². The number of aromatic nitrogens is 1. The molecule has 0 saturated carbocycles. The lowest BCUT2D eigenvalue weighted by Gasteiger charge is -2.25. The van der Waals surface area contributed by atoms with E-state index in [-0.39, 0.29) is 11.9 Å². The summed E-state index contributed by atoms with van der Waals surface area (Å²) in [5.74, 6) is 2.89. The number of rotatable bonds is 7. The Morgan fingerprint density at radius 3 is 2.52 bits per heavy atom. The van der Waals surface area contributed by atoms with E-state index in [0.717, 1.165) is 17.1 Å². The van der Waals surface area contributed by atoms with Crippen molar-refractivity contribution in [3.05, 3.63) is 65.0 Å². The largest absolute Gasteiger partial charge is 0.464 e. The highest BCUT2D eigenvalue weighted by molar-refractivity contribution is 6.30. The van der Waals surface area contributed by atoms with Crippen LogP contribution in [0.4, 0.5) is 0 Å². The number of oxazole rings is 1. The zero-order valence-electron chi connectivity index (χ0n) is 15.7. The van der Waals surface area contributed by atoms with E-state index in [2.05, 4.69) is 4.98 Å². The first-order valence-corrected chi connectivity index (χ1v) is 9.35. The molecule has 1 amide bonds. The minimum Gasteiger partial charge on any atom is -0.464 e. The van der Waals surface area contributed by atoms with Gasteiger partial charge in [0.25, 0.3) is 0 Å². The third-order valence-electron chi connectivity index (χ3n) is 4.30. The Kier molecular flexibility index (Phi) is 6.01. The summed E-state index contributed by atoms with van der Waals surface area (Å²) in [6, 6.07) is 11.3. The van der Waals surface area contributed by atoms with Gasteiger partial charge in [0.1, 0.15) is 11.5 Å². The van der Waals surface area contributed by atoms with Gasteiger partial charge in [0.15, 0.2) is 11.7 Å². The van der Waals surface area contributed by atoms with E-state index in [1.54, 1.807) is 23.2 Å². The summed E-state index contributed by atoms with van der Waals surface area (Å²) < 4.78 is 11.4. The van der Waals surface area contributed by atoms with Gasteiger partial charge < -0.3 is 13.7 Å². The lowest BCUT2D eigenvalue weighted by atomic mass is 10.2. The molecule has 6 heteroatoms. The summed E-state index contributed by atoms with van der Waals surface area (Å²) in [5.41, 5.74) is 0.904. The number of hydrogen-bond donors (Lipinski definition) is 0. The van der Waals surface area contributed by atoms with Crippen LogP contribution in [0.1, 0.15) is 37.7 Å². The Morgan fingerprint density at radius 2 is 1.89 bits per heavy atom. The molecular weight excluding hydrogens is 364 g/mol. The first-order chi connectivity index (χ1) is 12.9. The molecule has 3 rings (SSSR count). The average molecular weight is 387 g/mol. The van der Waals surface area contributed by atoms with Crippen LogP contribution in [0.3, 0.4) is 0 Å². The summed E-state index contributed by atoms with van der Waals surface area (Å²) in [5, 5.41) is 0.671. The first kappa shape index (κ1) is 19.2. The molecule has 27 heavy (non-hydrogen) atoms. The fraction of sp³-hybridized carbons (Fsp3) is 0.333. The summed E-state index contributed by atoms with van der Waals surface area (Å²) in [4.78, 5) is 18.8. The minimum atomic E-state index is 0.0466. The second-order valence-electron chi connectivity index (χ2n) is 6.75. The Balaban J connectivity index is 1.61. The smallest absolute Gasteiger partial charge is 0.223 e. The van der Waals surface area contributed by atoms with Gasteiger partial charge in [-0.25, -0.2) is 4.98 Å². The normalized spacial score (nSPS) is 11.1. The highest BCUT2D eigenvalue weighted by atomic mass is 35.5. The van der Waals surface area contributed by atoms with E-state index in [0.29, 0.717) is 36.1 Å². The van der Waals surface area contributed by atoms with Crippen molar-refractivity contribution in [3.63, 3.8) is 0 Å². The molecule has 0 aliphatic carbocycles. The Bertz CT molecular complexity index is 896. The Morgan fingerprint density at radius 1 is 1.15 bits per heavy atom. The number of carbonyl (C=O) groups excluding carboxylic acids is 1. The van der Waals surface area contributed by atoms with Gasteiger partial charge in [-0.2, -0.15) is 0 Å². The van der Waals surface area contributed by atoms with Crippen molar-refractivity contribution in [2.24, 2.45) is 0 Å². The molecule has 2 aromatic heterocycles. The second-order valence-corrected chi connectivity index (χ2v) is 7.19. The summed E-state index contributed by atoms with van der Waals surface area (Å²) in [6.07, 6.45) is 2.46. The van der Waals surface area contributed by atoms with Gasteiger partial charge >= 0.3 is 0 Å². The number of benzene rings is 1. The van der Waals surface area contributed by atoms with Crippen molar-refractivity contribution < 1.29 is 13.6 Å². The van der Waals surface area contributed by atoms with Gasteiger partial charge in [0, 0.05) is 29.5 Å². The van der Waals surface area contributed by atoms with E-state index >= 15 is 0 Å². The zero-order valence-corrected chi connectivity index (χ0v) is 16.5. The molecule has 5 nitrogen and oxygen atoms in total. The molecule has 1 aromatic carbocycles. The monoisotopic (exact) mass is 386 g/mol. The molecule has 0 unspecified atom stereocenters. The zero-order chi connectivity index (χ0) is 19.4. The lowest BCUT2D eigenvalue weighted by Crippen LogP contribution is -2.36. The van der Waals surface area contributed by atoms with Crippen LogP contribution >= 0.6 is 11.6 Å². The maximum Gasteiger partial charge on any atom is 0.223 e. The quantitative estimate of drug-likeness (QED) is 0.555. The van der Waals surface area contributed by atoms with E-state index in [9.17, 15) is 4.79 Å². The van der Waals surface area contributed by atoms with Gasteiger partial charge in [-0.1, -0.05) is 11.6 Å². The third kappa shape index (κ3) is 5.01. The van der Waals surface area contributed by atoms with E-state index in [1.165, 1.54) is 0 Å². The molecule has 0 aliphatic heterocycles. The van der Waals surface area contributed by atoms with E-state index in [4.69, 9.17) is 20.4 Å². The molecule has 0 fully saturated rings. The van der Waals surface area contributed by atoms with Gasteiger partial charge in [0.2, 0.25) is 5.91 Å². The molecule has 0 bridgehead atoms. The van der Waals surface area contributed by atoms with Crippen molar-refractivity contribution in [1.82, 2.24) is 9.88 Å². The lowest BCUT2D eigenvalue weighted by molar-refractivity contribution is -0.133. The minimum absolute atomic E-state index is 0.0466. The molecule has 0 atom stereocenters. The van der Waals surface area contributed by atoms with E-state index < -0.39 is 0 Å². The van der Waals surface area contributed by atoms with Crippen molar-refractivity contribution in [3.8, 4) is 11.3 Å². The van der Waals surface area contributed by atoms with Crippen LogP contribution in [0.25, 0.3) is 11.3 Å². The van der Waals surface area contributed by atoms with Crippen molar-refractivity contribution >= 4 is 17.5 Å². The fourth-order valence-electron chi connectivity index (χ4n) is 2.83. The number of aryl methyl sites for hydroxylation is 2. The van der Waals surface area contributed by atoms with Crippen LogP contribution in [0.15, 0.2) is 51.4 Å². The topological polar surface area (TPSA) is 59.5 Å². The number of furan rings is 1. The maximum atomic E-state index is 12.7. The van der Waals surface area contributed by atoms with Gasteiger partial charge in [-0.05, 0) is 57.2 Å². The standard InChI is InChI=1S/C21H23ClN2O3/c1-14(2)24(13-18-9-4-15(3)26-18)21(25)11-10-20-23-12-19(27-20)16-5-7-17(22)8-6-16/h4-9,12,14H,10-11,13H2,1-3H3. The van der Waals surface area contributed by atoms with Crippen LogP contribution in [0, 0.1) is 6.92 Å². The average Bonchev–Trinajstić information content (AvgIpc) is 3.27. The number of amides is 1. The molecule has 0 saturated heterocycles. The fourth-order valence-corrected chi connectivity index (χ4v) is 2.95. The van der Waals surface area contributed by atoms with Crippen LogP contribution < -0.4 is 0 Å². The molecule has 0 N–H and O–H groups in total. The van der Waals surface area contributed by atoms with Gasteiger partial charge in [0.05, 0.1) is 12.7 Å². The third-order valence-corrected chi connectivity index (χ3v) is 4.55. The molecule has 3 aromatic rings. The Labute approximate surface area is 163 Å². The predicted molar refractivity (Wildman–Crippen MR) is 104 cm³/mol. The molecule has 142 valence electrons. The van der Waals surface area contributed by atoms with Crippen LogP contribution in [-0.2, 0) is 17.8 Å². The summed E-state index contributed by atoms with van der Waals surface area (Å²) in [6.45, 7) is 6.35. The highest BCUT2D eigenvalue weighted by Gasteiger charge is 2.19. The molecular formula is C21H23ClN2O3. The number of carbonyl (C=O) groups is 1. The molecule has 2 heterocycles. The molecule has 0 spiro atoms. The number of hydrogen-bond acceptors (Lipinski definition) is 4. The summed E-state index contributed by atoms with van der Waals surface area (Å²) in [7, 11) is 0. The number of nitrogens with zero attached hydrogens (tertiary/aromatic N) is 2. The van der Waals surface area contributed by atoms with Crippen molar-refractivity contribution in [2.45, 2.75) is 46.2 Å². The van der Waals surface area contributed by atoms with Crippen LogP contribution in [0.2, 0.25) is 5.02 Å². The highest BCUT2D eigenvalue weighted by Crippen LogP contribution is 2.23. The van der Waals surface area contributed by atoms with Crippen molar-refractivity contribution in [2.75, 3.05) is 0 Å². The number of halogens is 1. The summed E-state index contributed by atoms with van der Waals surface area (Å²) >= 11 is 5.91. The van der Waals surface area contributed by atoms with E-state index in [1.807, 2.05) is 45.0 Å². The van der Waals surface area contributed by atoms with Crippen molar-refractivity contribution in [1.29, 1.82) is 0 Å². The SMILES string of the molecule is Cc1ccc(CN(C(=O)CCc2ncc(-c3ccc(Cl)cc3)o2)C(C)C)o1. The predicted octanol–water partition coefficient (Wildman–Crippen LogP) is 5.27. The van der Waals surface area contributed by atoms with Gasteiger partial charge in [-0.3, -0.25) is 4.79 Å². The first-order valence-electron chi connectivity index (χ1n) is 8.98. The Hall–Kier alpha value is -2.53.